The fourth-order valence-electron chi connectivity index (χ4n) is 2.38. The van der Waals surface area contributed by atoms with Crippen LogP contribution in [0.5, 0.6) is 11.5 Å². The molecule has 1 aromatic heterocycles. The Morgan fingerprint density at radius 1 is 1.17 bits per heavy atom. The van der Waals surface area contributed by atoms with E-state index >= 15 is 0 Å². The summed E-state index contributed by atoms with van der Waals surface area (Å²) in [6.45, 7) is 3.95. The fourth-order valence-corrected chi connectivity index (χ4v) is 2.38. The molecule has 3 aromatic rings. The van der Waals surface area contributed by atoms with Crippen LogP contribution in [0.15, 0.2) is 42.6 Å². The van der Waals surface area contributed by atoms with E-state index in [1.54, 1.807) is 24.4 Å². The van der Waals surface area contributed by atoms with Crippen molar-refractivity contribution in [2.75, 3.05) is 5.32 Å². The molecule has 0 aliphatic carbocycles. The number of hydrogen-bond donors (Lipinski definition) is 3. The Balaban J connectivity index is 2.03. The second-order valence-electron chi connectivity index (χ2n) is 5.80. The number of carbonyl (C=O) groups is 1. The molecule has 0 saturated carbocycles. The van der Waals surface area contributed by atoms with Gasteiger partial charge in [0, 0.05) is 29.3 Å². The van der Waals surface area contributed by atoms with Gasteiger partial charge in [-0.25, -0.2) is 9.97 Å². The highest BCUT2D eigenvalue weighted by molar-refractivity contribution is 6.12. The fraction of sp³-hybridized carbons (Fsp3) is 0.167. The van der Waals surface area contributed by atoms with Crippen molar-refractivity contribution in [1.82, 2.24) is 9.97 Å². The molecule has 0 radical (unpaired) electrons. The van der Waals surface area contributed by atoms with Crippen molar-refractivity contribution in [2.24, 2.45) is 0 Å². The zero-order chi connectivity index (χ0) is 17.3. The lowest BCUT2D eigenvalue weighted by Gasteiger charge is -2.10. The summed E-state index contributed by atoms with van der Waals surface area (Å²) in [6.07, 6.45) is 1.60. The lowest BCUT2D eigenvalue weighted by molar-refractivity contribution is 0.103. The maximum atomic E-state index is 12.6. The number of nitrogens with zero attached hydrogens (tertiary/aromatic N) is 2. The van der Waals surface area contributed by atoms with Gasteiger partial charge in [-0.05, 0) is 32.0 Å². The highest BCUT2D eigenvalue weighted by atomic mass is 16.3. The molecule has 6 nitrogen and oxygen atoms in total. The Morgan fingerprint density at radius 2 is 1.96 bits per heavy atom. The van der Waals surface area contributed by atoms with Crippen LogP contribution in [0.2, 0.25) is 0 Å². The Morgan fingerprint density at radius 3 is 2.67 bits per heavy atom. The molecular formula is C18H17N3O3. The van der Waals surface area contributed by atoms with Crippen LogP contribution in [-0.4, -0.2) is 32.0 Å². The monoisotopic (exact) mass is 323 g/mol. The molecule has 1 heterocycles. The van der Waals surface area contributed by atoms with Crippen molar-refractivity contribution in [1.29, 1.82) is 0 Å². The molecule has 122 valence electrons. The summed E-state index contributed by atoms with van der Waals surface area (Å²) in [6, 6.07) is 9.18. The number of anilines is 1. The lowest BCUT2D eigenvalue weighted by atomic mass is 10.0. The smallest absolute Gasteiger partial charge is 0.223 e. The Bertz CT molecular complexity index is 923. The van der Waals surface area contributed by atoms with E-state index in [0.717, 1.165) is 0 Å². The van der Waals surface area contributed by atoms with E-state index in [9.17, 15) is 15.0 Å². The minimum Gasteiger partial charge on any atom is -0.508 e. The van der Waals surface area contributed by atoms with Crippen molar-refractivity contribution < 1.29 is 15.0 Å². The van der Waals surface area contributed by atoms with Gasteiger partial charge in [-0.3, -0.25) is 4.79 Å². The first-order valence-electron chi connectivity index (χ1n) is 7.54. The van der Waals surface area contributed by atoms with Gasteiger partial charge >= 0.3 is 0 Å². The first-order chi connectivity index (χ1) is 11.4. The zero-order valence-corrected chi connectivity index (χ0v) is 13.3. The third-order valence-electron chi connectivity index (χ3n) is 3.47. The number of benzene rings is 2. The van der Waals surface area contributed by atoms with Gasteiger partial charge in [0.1, 0.15) is 11.5 Å². The highest BCUT2D eigenvalue weighted by Crippen LogP contribution is 2.27. The van der Waals surface area contributed by atoms with Crippen LogP contribution >= 0.6 is 0 Å². The van der Waals surface area contributed by atoms with Crippen LogP contribution < -0.4 is 5.32 Å². The average Bonchev–Trinajstić information content (AvgIpc) is 2.53. The largest absolute Gasteiger partial charge is 0.508 e. The van der Waals surface area contributed by atoms with E-state index in [2.05, 4.69) is 15.3 Å². The molecule has 0 bridgehead atoms. The van der Waals surface area contributed by atoms with Gasteiger partial charge in [0.05, 0.1) is 11.1 Å². The number of fused-ring (bicyclic) bond motifs is 1. The number of ketones is 1. The van der Waals surface area contributed by atoms with Crippen LogP contribution in [0.3, 0.4) is 0 Å². The van der Waals surface area contributed by atoms with Crippen molar-refractivity contribution in [2.45, 2.75) is 19.9 Å². The van der Waals surface area contributed by atoms with E-state index in [-0.39, 0.29) is 28.9 Å². The van der Waals surface area contributed by atoms with Gasteiger partial charge in [0.25, 0.3) is 0 Å². The number of rotatable bonds is 4. The average molecular weight is 323 g/mol. The number of hydrogen-bond acceptors (Lipinski definition) is 6. The number of aromatic nitrogens is 2. The first-order valence-corrected chi connectivity index (χ1v) is 7.54. The molecule has 0 atom stereocenters. The third-order valence-corrected chi connectivity index (χ3v) is 3.47. The minimum atomic E-state index is -0.380. The van der Waals surface area contributed by atoms with Crippen LogP contribution in [0.4, 0.5) is 5.95 Å². The van der Waals surface area contributed by atoms with Gasteiger partial charge in [-0.2, -0.15) is 0 Å². The summed E-state index contributed by atoms with van der Waals surface area (Å²) in [5.74, 6) is -0.0856. The van der Waals surface area contributed by atoms with E-state index in [0.29, 0.717) is 22.4 Å². The Kier molecular flexibility index (Phi) is 4.04. The number of phenolic OH excluding ortho intramolecular Hbond substituents is 2. The van der Waals surface area contributed by atoms with Gasteiger partial charge in [0.2, 0.25) is 5.95 Å². The van der Waals surface area contributed by atoms with E-state index in [4.69, 9.17) is 0 Å². The van der Waals surface area contributed by atoms with Gasteiger partial charge in [0.15, 0.2) is 5.78 Å². The predicted octanol–water partition coefficient (Wildman–Crippen LogP) is 3.09. The van der Waals surface area contributed by atoms with Crippen LogP contribution in [0.25, 0.3) is 10.9 Å². The van der Waals surface area contributed by atoms with Crippen molar-refractivity contribution >= 4 is 22.6 Å². The van der Waals surface area contributed by atoms with E-state index in [1.807, 2.05) is 13.8 Å². The zero-order valence-electron chi connectivity index (χ0n) is 13.3. The predicted molar refractivity (Wildman–Crippen MR) is 91.5 cm³/mol. The molecule has 3 rings (SSSR count). The molecule has 3 N–H and O–H groups in total. The molecule has 0 saturated heterocycles. The molecule has 0 aliphatic heterocycles. The SMILES string of the molecule is CC(C)Nc1ncc2cc(C(=O)c3cccc(O)c3)c(O)cc2n1. The maximum absolute atomic E-state index is 12.6. The van der Waals surface area contributed by atoms with Gasteiger partial charge in [-0.15, -0.1) is 0 Å². The topological polar surface area (TPSA) is 95.3 Å². The molecule has 0 amide bonds. The molecule has 0 spiro atoms. The van der Waals surface area contributed by atoms with Crippen molar-refractivity contribution in [3.8, 4) is 11.5 Å². The molecule has 0 fully saturated rings. The number of nitrogens with one attached hydrogen (secondary N) is 1. The molecule has 6 heteroatoms. The summed E-state index contributed by atoms with van der Waals surface area (Å²) >= 11 is 0. The number of aromatic hydroxyl groups is 2. The molecule has 24 heavy (non-hydrogen) atoms. The third kappa shape index (κ3) is 3.12. The summed E-state index contributed by atoms with van der Waals surface area (Å²) in [5.41, 5.74) is 0.975. The van der Waals surface area contributed by atoms with Gasteiger partial charge < -0.3 is 15.5 Å². The van der Waals surface area contributed by atoms with E-state index < -0.39 is 0 Å². The van der Waals surface area contributed by atoms with Crippen LogP contribution in [0, 0.1) is 0 Å². The van der Waals surface area contributed by atoms with E-state index in [1.165, 1.54) is 18.2 Å². The lowest BCUT2D eigenvalue weighted by Crippen LogP contribution is -2.12. The Hall–Kier alpha value is -3.15. The number of phenols is 2. The highest BCUT2D eigenvalue weighted by Gasteiger charge is 2.16. The summed E-state index contributed by atoms with van der Waals surface area (Å²) in [4.78, 5) is 21.1. The quantitative estimate of drug-likeness (QED) is 0.639. The normalized spacial score (nSPS) is 11.0. The molecule has 2 aromatic carbocycles. The van der Waals surface area contributed by atoms with Crippen LogP contribution in [-0.2, 0) is 0 Å². The second-order valence-corrected chi connectivity index (χ2v) is 5.80. The minimum absolute atomic E-state index is 0.00568. The molecular weight excluding hydrogens is 306 g/mol. The summed E-state index contributed by atoms with van der Waals surface area (Å²) in [7, 11) is 0. The molecule has 0 aliphatic rings. The van der Waals surface area contributed by atoms with Crippen molar-refractivity contribution in [3.05, 3.63) is 53.7 Å². The summed E-state index contributed by atoms with van der Waals surface area (Å²) in [5, 5.41) is 23.5. The molecule has 0 unspecified atom stereocenters. The van der Waals surface area contributed by atoms with Crippen LogP contribution in [0.1, 0.15) is 29.8 Å². The Labute approximate surface area is 138 Å². The maximum Gasteiger partial charge on any atom is 0.223 e. The van der Waals surface area contributed by atoms with Crippen molar-refractivity contribution in [3.63, 3.8) is 0 Å². The number of carbonyl (C=O) groups excluding carboxylic acids is 1. The summed E-state index contributed by atoms with van der Waals surface area (Å²) < 4.78 is 0. The second kappa shape index (κ2) is 6.16. The standard InChI is InChI=1S/C18H17N3O3/c1-10(2)20-18-19-9-12-7-14(16(23)8-15(12)21-18)17(24)11-4-3-5-13(22)6-11/h3-10,22-23H,1-2H3,(H,19,20,21). The first kappa shape index (κ1) is 15.7. The van der Waals surface area contributed by atoms with Gasteiger partial charge in [-0.1, -0.05) is 12.1 Å².